The highest BCUT2D eigenvalue weighted by Gasteiger charge is 2.41. The standard InChI is InChI=1S/C21H29N5O2/c1-21(2,3)19-6-20(23-13-22-19)26-9-14-7-25(8-15(14)10-26)11-17-16-12-27-5-4-18(16)28-24-17/h6,13-15H,4-5,7-12H2,1-3H3. The van der Waals surface area contributed by atoms with E-state index in [1.165, 1.54) is 5.56 Å². The van der Waals surface area contributed by atoms with E-state index in [1.807, 2.05) is 0 Å². The van der Waals surface area contributed by atoms with Gasteiger partial charge in [0.1, 0.15) is 23.6 Å². The molecule has 0 saturated carbocycles. The molecule has 0 amide bonds. The van der Waals surface area contributed by atoms with Gasteiger partial charge in [-0.1, -0.05) is 25.9 Å². The van der Waals surface area contributed by atoms with E-state index >= 15 is 0 Å². The van der Waals surface area contributed by atoms with Crippen LogP contribution in [0.3, 0.4) is 0 Å². The van der Waals surface area contributed by atoms with Crippen molar-refractivity contribution >= 4 is 5.82 Å². The van der Waals surface area contributed by atoms with E-state index in [1.54, 1.807) is 6.33 Å². The highest BCUT2D eigenvalue weighted by atomic mass is 16.5. The van der Waals surface area contributed by atoms with E-state index in [9.17, 15) is 0 Å². The van der Waals surface area contributed by atoms with Gasteiger partial charge in [0.15, 0.2) is 0 Å². The largest absolute Gasteiger partial charge is 0.376 e. The summed E-state index contributed by atoms with van der Waals surface area (Å²) in [5.41, 5.74) is 3.40. The Balaban J connectivity index is 1.23. The maximum absolute atomic E-state index is 5.59. The van der Waals surface area contributed by atoms with E-state index in [4.69, 9.17) is 9.26 Å². The van der Waals surface area contributed by atoms with E-state index < -0.39 is 0 Å². The van der Waals surface area contributed by atoms with Crippen molar-refractivity contribution in [2.45, 2.75) is 45.8 Å². The van der Waals surface area contributed by atoms with Crippen molar-refractivity contribution in [2.24, 2.45) is 11.8 Å². The van der Waals surface area contributed by atoms with Crippen molar-refractivity contribution in [3.63, 3.8) is 0 Å². The second-order valence-electron chi connectivity index (χ2n) is 9.46. The zero-order valence-electron chi connectivity index (χ0n) is 17.0. The number of fused-ring (bicyclic) bond motifs is 2. The van der Waals surface area contributed by atoms with Crippen LogP contribution in [0.25, 0.3) is 0 Å². The fraction of sp³-hybridized carbons (Fsp3) is 0.667. The lowest BCUT2D eigenvalue weighted by Crippen LogP contribution is -2.30. The summed E-state index contributed by atoms with van der Waals surface area (Å²) in [6, 6.07) is 2.17. The number of ether oxygens (including phenoxy) is 1. The van der Waals surface area contributed by atoms with Crippen molar-refractivity contribution in [3.05, 3.63) is 35.1 Å². The fourth-order valence-electron chi connectivity index (χ4n) is 4.75. The first-order valence-corrected chi connectivity index (χ1v) is 10.3. The number of likely N-dealkylation sites (tertiary alicyclic amines) is 1. The third kappa shape index (κ3) is 3.31. The molecule has 2 saturated heterocycles. The number of rotatable bonds is 3. The van der Waals surface area contributed by atoms with Gasteiger partial charge in [-0.3, -0.25) is 4.90 Å². The SMILES string of the molecule is CC(C)(C)c1cc(N2CC3CN(Cc4noc5c4COCC5)CC3C2)ncn1. The van der Waals surface area contributed by atoms with Crippen molar-refractivity contribution in [1.82, 2.24) is 20.0 Å². The average Bonchev–Trinajstić information content (AvgIpc) is 3.35. The Kier molecular flexibility index (Phi) is 4.39. The summed E-state index contributed by atoms with van der Waals surface area (Å²) in [5.74, 6) is 3.47. The second-order valence-corrected chi connectivity index (χ2v) is 9.46. The van der Waals surface area contributed by atoms with Crippen LogP contribution in [0, 0.1) is 11.8 Å². The van der Waals surface area contributed by atoms with Crippen LogP contribution >= 0.6 is 0 Å². The second kappa shape index (κ2) is 6.81. The monoisotopic (exact) mass is 383 g/mol. The van der Waals surface area contributed by atoms with Gasteiger partial charge in [0.05, 0.1) is 18.9 Å². The maximum atomic E-state index is 5.59. The molecule has 28 heavy (non-hydrogen) atoms. The third-order valence-electron chi connectivity index (χ3n) is 6.35. The van der Waals surface area contributed by atoms with E-state index in [0.717, 1.165) is 68.7 Å². The Morgan fingerprint density at radius 1 is 1.11 bits per heavy atom. The zero-order chi connectivity index (χ0) is 19.3. The number of anilines is 1. The molecule has 0 radical (unpaired) electrons. The Bertz CT molecular complexity index is 845. The molecular formula is C21H29N5O2. The minimum Gasteiger partial charge on any atom is -0.376 e. The van der Waals surface area contributed by atoms with Gasteiger partial charge < -0.3 is 14.2 Å². The lowest BCUT2D eigenvalue weighted by atomic mass is 9.92. The van der Waals surface area contributed by atoms with Crippen LogP contribution < -0.4 is 4.90 Å². The van der Waals surface area contributed by atoms with Crippen molar-refractivity contribution < 1.29 is 9.26 Å². The highest BCUT2D eigenvalue weighted by molar-refractivity contribution is 5.42. The molecule has 2 fully saturated rings. The maximum Gasteiger partial charge on any atom is 0.144 e. The van der Waals surface area contributed by atoms with Crippen LogP contribution in [0.5, 0.6) is 0 Å². The van der Waals surface area contributed by atoms with Crippen molar-refractivity contribution in [3.8, 4) is 0 Å². The molecule has 0 N–H and O–H groups in total. The van der Waals surface area contributed by atoms with Gasteiger partial charge in [-0.2, -0.15) is 0 Å². The van der Waals surface area contributed by atoms with Crippen LogP contribution in [-0.4, -0.2) is 52.8 Å². The summed E-state index contributed by atoms with van der Waals surface area (Å²) in [6.07, 6.45) is 2.56. The first kappa shape index (κ1) is 18.1. The van der Waals surface area contributed by atoms with Crippen LogP contribution in [0.4, 0.5) is 5.82 Å². The van der Waals surface area contributed by atoms with Crippen LogP contribution in [0.1, 0.15) is 43.5 Å². The summed E-state index contributed by atoms with van der Waals surface area (Å²) in [7, 11) is 0. The van der Waals surface area contributed by atoms with Crippen molar-refractivity contribution in [1.29, 1.82) is 0 Å². The number of aromatic nitrogens is 3. The Morgan fingerprint density at radius 2 is 1.89 bits per heavy atom. The van der Waals surface area contributed by atoms with Crippen LogP contribution in [0.15, 0.2) is 16.9 Å². The third-order valence-corrected chi connectivity index (χ3v) is 6.35. The molecule has 0 aromatic carbocycles. The Hall–Kier alpha value is -1.99. The van der Waals surface area contributed by atoms with E-state index in [2.05, 4.69) is 51.8 Å². The Morgan fingerprint density at radius 3 is 2.64 bits per heavy atom. The minimum absolute atomic E-state index is 0.0462. The molecule has 2 aromatic rings. The number of hydrogen-bond donors (Lipinski definition) is 0. The van der Waals surface area contributed by atoms with Gasteiger partial charge in [0, 0.05) is 56.2 Å². The summed E-state index contributed by atoms with van der Waals surface area (Å²) < 4.78 is 11.1. The molecule has 3 aliphatic heterocycles. The summed E-state index contributed by atoms with van der Waals surface area (Å²) >= 11 is 0. The molecule has 2 unspecified atom stereocenters. The molecule has 2 atom stereocenters. The Labute approximate surface area is 166 Å². The number of hydrogen-bond acceptors (Lipinski definition) is 7. The lowest BCUT2D eigenvalue weighted by Gasteiger charge is -2.24. The molecule has 5 heterocycles. The summed E-state index contributed by atoms with van der Waals surface area (Å²) in [4.78, 5) is 14.0. The van der Waals surface area contributed by atoms with Gasteiger partial charge in [0.2, 0.25) is 0 Å². The van der Waals surface area contributed by atoms with Crippen LogP contribution in [-0.2, 0) is 29.7 Å². The molecule has 7 nitrogen and oxygen atoms in total. The molecule has 7 heteroatoms. The normalized spacial score (nSPS) is 25.2. The predicted molar refractivity (Wildman–Crippen MR) is 105 cm³/mol. The number of nitrogens with zero attached hydrogens (tertiary/aromatic N) is 5. The van der Waals surface area contributed by atoms with E-state index in [0.29, 0.717) is 18.4 Å². The summed E-state index contributed by atoms with van der Waals surface area (Å²) in [5, 5.41) is 4.33. The van der Waals surface area contributed by atoms with Gasteiger partial charge in [-0.15, -0.1) is 0 Å². The van der Waals surface area contributed by atoms with Gasteiger partial charge in [-0.25, -0.2) is 9.97 Å². The zero-order valence-corrected chi connectivity index (χ0v) is 17.0. The first-order chi connectivity index (χ1) is 13.5. The van der Waals surface area contributed by atoms with Crippen LogP contribution in [0.2, 0.25) is 0 Å². The molecule has 2 aromatic heterocycles. The molecule has 0 bridgehead atoms. The molecular weight excluding hydrogens is 354 g/mol. The summed E-state index contributed by atoms with van der Waals surface area (Å²) in [6.45, 7) is 13.2. The molecule has 0 aliphatic carbocycles. The van der Waals surface area contributed by atoms with E-state index in [-0.39, 0.29) is 5.41 Å². The molecule has 3 aliphatic rings. The molecule has 0 spiro atoms. The topological polar surface area (TPSA) is 67.5 Å². The van der Waals surface area contributed by atoms with Crippen molar-refractivity contribution in [2.75, 3.05) is 37.7 Å². The quantitative estimate of drug-likeness (QED) is 0.806. The van der Waals surface area contributed by atoms with Gasteiger partial charge in [-0.05, 0) is 11.8 Å². The fourth-order valence-corrected chi connectivity index (χ4v) is 4.75. The van der Waals surface area contributed by atoms with Gasteiger partial charge in [0.25, 0.3) is 0 Å². The predicted octanol–water partition coefficient (Wildman–Crippen LogP) is 2.40. The average molecular weight is 383 g/mol. The smallest absolute Gasteiger partial charge is 0.144 e. The van der Waals surface area contributed by atoms with Gasteiger partial charge >= 0.3 is 0 Å². The first-order valence-electron chi connectivity index (χ1n) is 10.3. The minimum atomic E-state index is 0.0462. The lowest BCUT2D eigenvalue weighted by molar-refractivity contribution is 0.102. The molecule has 5 rings (SSSR count). The molecule has 150 valence electrons. The highest BCUT2D eigenvalue weighted by Crippen LogP contribution is 2.35.